The van der Waals surface area contributed by atoms with Crippen LogP contribution in [0.1, 0.15) is 12.8 Å². The Morgan fingerprint density at radius 2 is 2.00 bits per heavy atom. The van der Waals surface area contributed by atoms with Gasteiger partial charge >= 0.3 is 5.97 Å². The van der Waals surface area contributed by atoms with Crippen LogP contribution in [0.25, 0.3) is 5.69 Å². The van der Waals surface area contributed by atoms with Crippen LogP contribution in [0.5, 0.6) is 0 Å². The number of halogens is 1. The Morgan fingerprint density at radius 1 is 1.25 bits per heavy atom. The molecular formula is C16H15ClN4O3. The first kappa shape index (κ1) is 16.2. The number of hydrogen-bond donors (Lipinski definition) is 2. The molecule has 1 aliphatic rings. The fourth-order valence-corrected chi connectivity index (χ4v) is 2.92. The molecule has 0 fully saturated rings. The predicted molar refractivity (Wildman–Crippen MR) is 88.0 cm³/mol. The van der Waals surface area contributed by atoms with Gasteiger partial charge in [-0.15, -0.1) is 0 Å². The van der Waals surface area contributed by atoms with Gasteiger partial charge in [-0.3, -0.25) is 9.59 Å². The minimum Gasteiger partial charge on any atom is -0.481 e. The molecule has 1 aromatic carbocycles. The Labute approximate surface area is 143 Å². The quantitative estimate of drug-likeness (QED) is 0.829. The van der Waals surface area contributed by atoms with E-state index in [4.69, 9.17) is 11.6 Å². The van der Waals surface area contributed by atoms with Crippen LogP contribution < -0.4 is 5.32 Å². The van der Waals surface area contributed by atoms with E-state index in [1.54, 1.807) is 24.3 Å². The average Bonchev–Trinajstić information content (AvgIpc) is 3.09. The number of aromatic nitrogens is 3. The van der Waals surface area contributed by atoms with Gasteiger partial charge in [0.05, 0.1) is 23.2 Å². The van der Waals surface area contributed by atoms with Crippen molar-refractivity contribution in [3.8, 4) is 5.69 Å². The van der Waals surface area contributed by atoms with Gasteiger partial charge in [0.15, 0.2) is 0 Å². The number of benzene rings is 1. The van der Waals surface area contributed by atoms with Crippen molar-refractivity contribution in [3.05, 3.63) is 48.0 Å². The molecule has 1 aromatic heterocycles. The number of carboxylic acids is 1. The first-order valence-corrected chi connectivity index (χ1v) is 7.77. The third-order valence-corrected chi connectivity index (χ3v) is 4.20. The van der Waals surface area contributed by atoms with Crippen molar-refractivity contribution < 1.29 is 14.7 Å². The lowest BCUT2D eigenvalue weighted by atomic mass is 9.82. The third-order valence-electron chi connectivity index (χ3n) is 3.97. The molecule has 0 bridgehead atoms. The zero-order valence-corrected chi connectivity index (χ0v) is 13.3. The predicted octanol–water partition coefficient (Wildman–Crippen LogP) is 2.53. The van der Waals surface area contributed by atoms with Gasteiger partial charge in [0.1, 0.15) is 12.7 Å². The molecule has 2 atom stereocenters. The Hall–Kier alpha value is -2.67. The van der Waals surface area contributed by atoms with E-state index >= 15 is 0 Å². The van der Waals surface area contributed by atoms with E-state index in [0.717, 1.165) is 0 Å². The van der Waals surface area contributed by atoms with Gasteiger partial charge in [-0.2, -0.15) is 5.10 Å². The highest BCUT2D eigenvalue weighted by Gasteiger charge is 2.34. The number of amides is 1. The van der Waals surface area contributed by atoms with Crippen molar-refractivity contribution in [1.29, 1.82) is 0 Å². The van der Waals surface area contributed by atoms with E-state index in [1.165, 1.54) is 17.3 Å². The van der Waals surface area contributed by atoms with Gasteiger partial charge < -0.3 is 10.4 Å². The highest BCUT2D eigenvalue weighted by Crippen LogP contribution is 2.29. The van der Waals surface area contributed by atoms with Crippen LogP contribution in [-0.4, -0.2) is 31.7 Å². The second-order valence-electron chi connectivity index (χ2n) is 5.48. The van der Waals surface area contributed by atoms with E-state index in [9.17, 15) is 14.7 Å². The summed E-state index contributed by atoms with van der Waals surface area (Å²) in [5.74, 6) is -2.68. The molecule has 24 heavy (non-hydrogen) atoms. The summed E-state index contributed by atoms with van der Waals surface area (Å²) in [6.07, 6.45) is 7.25. The summed E-state index contributed by atoms with van der Waals surface area (Å²) >= 11 is 6.02. The van der Waals surface area contributed by atoms with Crippen molar-refractivity contribution in [2.75, 3.05) is 5.32 Å². The SMILES string of the molecule is O=C(O)[C@@H]1CC=CC[C@H]1C(=O)Nc1cc(Cl)ccc1-n1cncn1. The van der Waals surface area contributed by atoms with Crippen molar-refractivity contribution in [3.63, 3.8) is 0 Å². The molecule has 7 nitrogen and oxygen atoms in total. The van der Waals surface area contributed by atoms with Crippen LogP contribution in [0.2, 0.25) is 5.02 Å². The second-order valence-corrected chi connectivity index (χ2v) is 5.92. The number of carbonyl (C=O) groups is 2. The van der Waals surface area contributed by atoms with E-state index in [-0.39, 0.29) is 5.91 Å². The molecule has 2 aromatic rings. The summed E-state index contributed by atoms with van der Waals surface area (Å²) in [5, 5.41) is 16.6. The van der Waals surface area contributed by atoms with Gasteiger partial charge in [0.25, 0.3) is 0 Å². The summed E-state index contributed by atoms with van der Waals surface area (Å²) in [5.41, 5.74) is 1.06. The first-order valence-electron chi connectivity index (χ1n) is 7.39. The van der Waals surface area contributed by atoms with Crippen LogP contribution in [0.3, 0.4) is 0 Å². The molecule has 124 valence electrons. The molecule has 3 rings (SSSR count). The summed E-state index contributed by atoms with van der Waals surface area (Å²) < 4.78 is 1.50. The molecule has 0 aliphatic heterocycles. The van der Waals surface area contributed by atoms with Gasteiger partial charge in [0, 0.05) is 5.02 Å². The Kier molecular flexibility index (Phi) is 4.61. The molecule has 8 heteroatoms. The molecule has 2 N–H and O–H groups in total. The maximum absolute atomic E-state index is 12.6. The first-order chi connectivity index (χ1) is 11.6. The van der Waals surface area contributed by atoms with Gasteiger partial charge in [-0.05, 0) is 31.0 Å². The maximum Gasteiger partial charge on any atom is 0.307 e. The highest BCUT2D eigenvalue weighted by atomic mass is 35.5. The van der Waals surface area contributed by atoms with Crippen LogP contribution in [0.15, 0.2) is 43.0 Å². The topological polar surface area (TPSA) is 97.1 Å². The van der Waals surface area contributed by atoms with Crippen molar-refractivity contribution >= 4 is 29.2 Å². The number of hydrogen-bond acceptors (Lipinski definition) is 4. The van der Waals surface area contributed by atoms with Crippen LogP contribution in [0.4, 0.5) is 5.69 Å². The minimum atomic E-state index is -0.970. The zero-order valence-electron chi connectivity index (χ0n) is 12.6. The van der Waals surface area contributed by atoms with E-state index in [1.807, 2.05) is 6.08 Å². The Bertz CT molecular complexity index is 789. The van der Waals surface area contributed by atoms with Gasteiger partial charge in [-0.25, -0.2) is 9.67 Å². The average molecular weight is 347 g/mol. The number of allylic oxidation sites excluding steroid dienone is 2. The minimum absolute atomic E-state index is 0.346. The van der Waals surface area contributed by atoms with Gasteiger partial charge in [0.2, 0.25) is 5.91 Å². The molecular weight excluding hydrogens is 332 g/mol. The van der Waals surface area contributed by atoms with Crippen molar-refractivity contribution in [2.45, 2.75) is 12.8 Å². The second kappa shape index (κ2) is 6.84. The molecule has 0 spiro atoms. The van der Waals surface area contributed by atoms with E-state index in [2.05, 4.69) is 15.4 Å². The Morgan fingerprint density at radius 3 is 2.67 bits per heavy atom. The highest BCUT2D eigenvalue weighted by molar-refractivity contribution is 6.31. The summed E-state index contributed by atoms with van der Waals surface area (Å²) in [7, 11) is 0. The molecule has 1 heterocycles. The summed E-state index contributed by atoms with van der Waals surface area (Å²) in [6, 6.07) is 4.99. The summed E-state index contributed by atoms with van der Waals surface area (Å²) in [4.78, 5) is 27.9. The van der Waals surface area contributed by atoms with Crippen molar-refractivity contribution in [1.82, 2.24) is 14.8 Å². The third kappa shape index (κ3) is 3.30. The van der Waals surface area contributed by atoms with E-state index < -0.39 is 17.8 Å². The molecule has 1 aliphatic carbocycles. The zero-order chi connectivity index (χ0) is 17.1. The molecule has 1 amide bonds. The van der Waals surface area contributed by atoms with Crippen molar-refractivity contribution in [2.24, 2.45) is 11.8 Å². The summed E-state index contributed by atoms with van der Waals surface area (Å²) in [6.45, 7) is 0. The smallest absolute Gasteiger partial charge is 0.307 e. The van der Waals surface area contributed by atoms with Crippen LogP contribution >= 0.6 is 11.6 Å². The lowest BCUT2D eigenvalue weighted by molar-refractivity contribution is -0.146. The lowest BCUT2D eigenvalue weighted by Crippen LogP contribution is -2.35. The van der Waals surface area contributed by atoms with Crippen LogP contribution in [0, 0.1) is 11.8 Å². The molecule has 0 unspecified atom stereocenters. The van der Waals surface area contributed by atoms with E-state index in [0.29, 0.717) is 29.2 Å². The molecule has 0 saturated carbocycles. The monoisotopic (exact) mass is 346 g/mol. The fourth-order valence-electron chi connectivity index (χ4n) is 2.74. The number of nitrogens with zero attached hydrogens (tertiary/aromatic N) is 3. The number of carbonyl (C=O) groups excluding carboxylic acids is 1. The fraction of sp³-hybridized carbons (Fsp3) is 0.250. The number of carboxylic acid groups (broad SMARTS) is 1. The molecule has 0 radical (unpaired) electrons. The number of anilines is 1. The standard InChI is InChI=1S/C16H15ClN4O3/c17-10-5-6-14(21-9-18-8-19-21)13(7-10)20-15(22)11-3-1-2-4-12(11)16(23)24/h1-2,5-9,11-12H,3-4H2,(H,20,22)(H,23,24)/t11-,12-/m1/s1. The normalized spacial score (nSPS) is 19.9. The number of nitrogens with one attached hydrogen (secondary N) is 1. The van der Waals surface area contributed by atoms with Crippen LogP contribution in [-0.2, 0) is 9.59 Å². The lowest BCUT2D eigenvalue weighted by Gasteiger charge is -2.24. The molecule has 0 saturated heterocycles. The number of aliphatic carboxylic acids is 1. The maximum atomic E-state index is 12.6. The number of rotatable bonds is 4. The van der Waals surface area contributed by atoms with Gasteiger partial charge in [-0.1, -0.05) is 23.8 Å². The Balaban J connectivity index is 1.88. The largest absolute Gasteiger partial charge is 0.481 e.